The van der Waals surface area contributed by atoms with Crippen molar-refractivity contribution in [2.75, 3.05) is 11.9 Å². The molecule has 8 nitrogen and oxygen atoms in total. The Morgan fingerprint density at radius 2 is 1.88 bits per heavy atom. The highest BCUT2D eigenvalue weighted by Crippen LogP contribution is 2.35. The lowest BCUT2D eigenvalue weighted by molar-refractivity contribution is -0.120. The fourth-order valence-corrected chi connectivity index (χ4v) is 4.26. The van der Waals surface area contributed by atoms with Crippen molar-refractivity contribution in [3.63, 3.8) is 0 Å². The molecule has 0 spiro atoms. The summed E-state index contributed by atoms with van der Waals surface area (Å²) in [6, 6.07) is 6.40. The molecule has 184 valence electrons. The fourth-order valence-electron chi connectivity index (χ4n) is 3.50. The van der Waals surface area contributed by atoms with Gasteiger partial charge in [0.05, 0.1) is 17.1 Å². The summed E-state index contributed by atoms with van der Waals surface area (Å²) in [4.78, 5) is 26.0. The van der Waals surface area contributed by atoms with Crippen LogP contribution in [0.4, 0.5) is 19.3 Å². The second kappa shape index (κ2) is 9.47. The van der Waals surface area contributed by atoms with Crippen molar-refractivity contribution in [1.82, 2.24) is 4.90 Å². The number of nitrogens with two attached hydrogens (primary N) is 1. The topological polar surface area (TPSA) is 119 Å². The predicted octanol–water partition coefficient (Wildman–Crippen LogP) is 4.08. The number of carbonyl (C=O) groups is 2. The number of rotatable bonds is 4. The van der Waals surface area contributed by atoms with Crippen molar-refractivity contribution in [3.05, 3.63) is 47.2 Å². The highest BCUT2D eigenvalue weighted by atomic mass is 35.5. The zero-order valence-electron chi connectivity index (χ0n) is 18.6. The third-order valence-corrected chi connectivity index (χ3v) is 6.23. The minimum absolute atomic E-state index is 0.0434. The highest BCUT2D eigenvalue weighted by molar-refractivity contribution is 7.89. The first-order chi connectivity index (χ1) is 15.7. The number of carbonyl (C=O) groups excluding carboxylic acids is 2. The van der Waals surface area contributed by atoms with Gasteiger partial charge in [-0.2, -0.15) is 0 Å². The van der Waals surface area contributed by atoms with E-state index in [0.29, 0.717) is 0 Å². The van der Waals surface area contributed by atoms with Crippen LogP contribution in [0.1, 0.15) is 27.2 Å². The van der Waals surface area contributed by atoms with E-state index in [0.717, 1.165) is 11.0 Å². The third kappa shape index (κ3) is 5.83. The summed E-state index contributed by atoms with van der Waals surface area (Å²) in [5.41, 5.74) is -1.16. The quantitative estimate of drug-likeness (QED) is 0.636. The zero-order chi connectivity index (χ0) is 25.4. The molecule has 0 aromatic heterocycles. The number of ether oxygens (including phenoxy) is 1. The van der Waals surface area contributed by atoms with Gasteiger partial charge >= 0.3 is 6.09 Å². The Labute approximate surface area is 201 Å². The molecule has 0 bridgehead atoms. The number of anilines is 1. The third-order valence-electron chi connectivity index (χ3n) is 4.99. The van der Waals surface area contributed by atoms with Crippen LogP contribution in [-0.2, 0) is 19.6 Å². The number of hydrogen-bond donors (Lipinski definition) is 2. The van der Waals surface area contributed by atoms with Crippen molar-refractivity contribution in [2.45, 2.75) is 49.9 Å². The summed E-state index contributed by atoms with van der Waals surface area (Å²) in [5, 5.41) is 7.59. The van der Waals surface area contributed by atoms with Crippen LogP contribution in [0, 0.1) is 5.82 Å². The molecule has 1 aliphatic rings. The molecule has 12 heteroatoms. The average molecular weight is 516 g/mol. The number of amides is 2. The van der Waals surface area contributed by atoms with E-state index in [4.69, 9.17) is 21.5 Å². The second-order valence-corrected chi connectivity index (χ2v) is 10.8. The van der Waals surface area contributed by atoms with E-state index in [1.807, 2.05) is 0 Å². The van der Waals surface area contributed by atoms with E-state index in [2.05, 4.69) is 5.32 Å². The molecule has 1 fully saturated rings. The van der Waals surface area contributed by atoms with Gasteiger partial charge in [-0.25, -0.2) is 27.1 Å². The molecule has 34 heavy (non-hydrogen) atoms. The van der Waals surface area contributed by atoms with Crippen LogP contribution in [0.2, 0.25) is 5.02 Å². The van der Waals surface area contributed by atoms with Crippen molar-refractivity contribution in [2.24, 2.45) is 5.14 Å². The lowest BCUT2D eigenvalue weighted by atomic mass is 10.0. The Kier molecular flexibility index (Phi) is 7.20. The SMILES string of the molecule is CC(C)(C)OC(=O)N1C[C@H](F)C[C@H]1C(=O)Nc1cccc(-c2cc(S(N)(=O)=O)ccc2Cl)c1F. The van der Waals surface area contributed by atoms with Crippen LogP contribution in [0.25, 0.3) is 11.1 Å². The van der Waals surface area contributed by atoms with Gasteiger partial charge in [-0.15, -0.1) is 0 Å². The molecular weight excluding hydrogens is 492 g/mol. The van der Waals surface area contributed by atoms with Crippen molar-refractivity contribution < 1.29 is 31.5 Å². The van der Waals surface area contributed by atoms with Crippen LogP contribution in [0.15, 0.2) is 41.3 Å². The molecule has 3 rings (SSSR count). The van der Waals surface area contributed by atoms with Gasteiger partial charge < -0.3 is 10.1 Å². The number of nitrogens with one attached hydrogen (secondary N) is 1. The molecule has 0 aliphatic carbocycles. The van der Waals surface area contributed by atoms with Crippen molar-refractivity contribution in [3.8, 4) is 11.1 Å². The molecule has 2 atom stereocenters. The largest absolute Gasteiger partial charge is 0.444 e. The number of sulfonamides is 1. The van der Waals surface area contributed by atoms with Gasteiger partial charge in [-0.05, 0) is 45.0 Å². The van der Waals surface area contributed by atoms with E-state index < -0.39 is 45.7 Å². The summed E-state index contributed by atoms with van der Waals surface area (Å²) < 4.78 is 58.0. The van der Waals surface area contributed by atoms with Crippen LogP contribution in [0.5, 0.6) is 0 Å². The monoisotopic (exact) mass is 515 g/mol. The van der Waals surface area contributed by atoms with Crippen LogP contribution in [0.3, 0.4) is 0 Å². The molecule has 0 saturated carbocycles. The van der Waals surface area contributed by atoms with Crippen LogP contribution < -0.4 is 10.5 Å². The average Bonchev–Trinajstić information content (AvgIpc) is 3.10. The zero-order valence-corrected chi connectivity index (χ0v) is 20.2. The molecular formula is C22H24ClF2N3O5S. The summed E-state index contributed by atoms with van der Waals surface area (Å²) in [6.07, 6.45) is -2.57. The van der Waals surface area contributed by atoms with Gasteiger partial charge in [0.1, 0.15) is 17.8 Å². The summed E-state index contributed by atoms with van der Waals surface area (Å²) >= 11 is 6.15. The molecule has 2 aromatic carbocycles. The number of likely N-dealkylation sites (tertiary alicyclic amines) is 1. The lowest BCUT2D eigenvalue weighted by Crippen LogP contribution is -2.45. The van der Waals surface area contributed by atoms with E-state index in [1.54, 1.807) is 20.8 Å². The standard InChI is InChI=1S/C22H24ClF2N3O5S/c1-22(2,3)33-21(30)28-11-12(24)9-18(28)20(29)27-17-6-4-5-14(19(17)25)15-10-13(34(26,31)32)7-8-16(15)23/h4-8,10,12,18H,9,11H2,1-3H3,(H,27,29)(H2,26,31,32)/t12-,18+/m1/s1. The summed E-state index contributed by atoms with van der Waals surface area (Å²) in [5.74, 6) is -1.70. The van der Waals surface area contributed by atoms with E-state index >= 15 is 4.39 Å². The summed E-state index contributed by atoms with van der Waals surface area (Å²) in [7, 11) is -4.07. The van der Waals surface area contributed by atoms with Crippen molar-refractivity contribution >= 4 is 39.3 Å². The van der Waals surface area contributed by atoms with Gasteiger partial charge in [0.25, 0.3) is 0 Å². The lowest BCUT2D eigenvalue weighted by Gasteiger charge is -2.27. The number of hydrogen-bond acceptors (Lipinski definition) is 5. The number of nitrogens with zero attached hydrogens (tertiary/aromatic N) is 1. The molecule has 3 N–H and O–H groups in total. The number of benzene rings is 2. The Bertz CT molecular complexity index is 1230. The molecule has 2 amide bonds. The van der Waals surface area contributed by atoms with E-state index in [-0.39, 0.29) is 39.7 Å². The molecule has 0 radical (unpaired) electrons. The van der Waals surface area contributed by atoms with E-state index in [1.165, 1.54) is 30.3 Å². The minimum atomic E-state index is -4.07. The van der Waals surface area contributed by atoms with Gasteiger partial charge in [-0.3, -0.25) is 9.69 Å². The van der Waals surface area contributed by atoms with Gasteiger partial charge in [0, 0.05) is 22.6 Å². The number of primary sulfonamides is 1. The maximum absolute atomic E-state index is 15.3. The second-order valence-electron chi connectivity index (χ2n) is 8.82. The Hall–Kier alpha value is -2.76. The first-order valence-electron chi connectivity index (χ1n) is 10.2. The molecule has 0 unspecified atom stereocenters. The Morgan fingerprint density at radius 1 is 1.21 bits per heavy atom. The first kappa shape index (κ1) is 25.9. The van der Waals surface area contributed by atoms with Crippen molar-refractivity contribution in [1.29, 1.82) is 0 Å². The smallest absolute Gasteiger partial charge is 0.411 e. The molecule has 1 heterocycles. The molecule has 2 aromatic rings. The van der Waals surface area contributed by atoms with E-state index in [9.17, 15) is 22.4 Å². The maximum atomic E-state index is 15.3. The minimum Gasteiger partial charge on any atom is -0.444 e. The molecule has 1 aliphatic heterocycles. The first-order valence-corrected chi connectivity index (χ1v) is 12.2. The highest BCUT2D eigenvalue weighted by Gasteiger charge is 2.42. The summed E-state index contributed by atoms with van der Waals surface area (Å²) in [6.45, 7) is 4.59. The normalized spacial score (nSPS) is 18.6. The van der Waals surface area contributed by atoms with Gasteiger partial charge in [0.2, 0.25) is 15.9 Å². The van der Waals surface area contributed by atoms with Gasteiger partial charge in [-0.1, -0.05) is 23.7 Å². The predicted molar refractivity (Wildman–Crippen MR) is 123 cm³/mol. The van der Waals surface area contributed by atoms with Crippen LogP contribution in [-0.4, -0.2) is 49.7 Å². The Balaban J connectivity index is 1.90. The van der Waals surface area contributed by atoms with Crippen LogP contribution >= 0.6 is 11.6 Å². The maximum Gasteiger partial charge on any atom is 0.411 e. The number of halogens is 3. The fraction of sp³-hybridized carbons (Fsp3) is 0.364. The van der Waals surface area contributed by atoms with Gasteiger partial charge in [0.15, 0.2) is 5.82 Å². The number of alkyl halides is 1. The molecule has 1 saturated heterocycles. The Morgan fingerprint density at radius 3 is 2.50 bits per heavy atom.